The summed E-state index contributed by atoms with van der Waals surface area (Å²) in [5, 5.41) is 11.4. The Morgan fingerprint density at radius 2 is 1.79 bits per heavy atom. The molecule has 1 aliphatic carbocycles. The maximum atomic E-state index is 10.6. The summed E-state index contributed by atoms with van der Waals surface area (Å²) in [5.41, 5.74) is 2.81. The van der Waals surface area contributed by atoms with E-state index in [-0.39, 0.29) is 6.61 Å². The minimum Gasteiger partial charge on any atom is -0.482 e. The second kappa shape index (κ2) is 8.69. The van der Waals surface area contributed by atoms with Gasteiger partial charge in [-0.2, -0.15) is 0 Å². The number of carboxylic acid groups (broad SMARTS) is 1. The molecule has 29 heavy (non-hydrogen) atoms. The highest BCUT2D eigenvalue weighted by molar-refractivity contribution is 5.86. The van der Waals surface area contributed by atoms with Crippen LogP contribution in [0.4, 0.5) is 0 Å². The van der Waals surface area contributed by atoms with E-state index in [2.05, 4.69) is 61.5 Å². The van der Waals surface area contributed by atoms with Gasteiger partial charge >= 0.3 is 5.97 Å². The van der Waals surface area contributed by atoms with Crippen molar-refractivity contribution in [2.45, 2.75) is 44.4 Å². The first-order valence-electron chi connectivity index (χ1n) is 10.5. The lowest BCUT2D eigenvalue weighted by Gasteiger charge is -2.19. The van der Waals surface area contributed by atoms with E-state index in [1.165, 1.54) is 47.6 Å². The lowest BCUT2D eigenvalue weighted by atomic mass is 9.86. The van der Waals surface area contributed by atoms with Crippen molar-refractivity contribution in [3.8, 4) is 5.75 Å². The van der Waals surface area contributed by atoms with Crippen LogP contribution in [0.3, 0.4) is 0 Å². The van der Waals surface area contributed by atoms with E-state index in [0.29, 0.717) is 17.6 Å². The fraction of sp³-hybridized carbons (Fsp3) is 0.346. The largest absolute Gasteiger partial charge is 0.482 e. The fourth-order valence-corrected chi connectivity index (χ4v) is 4.88. The summed E-state index contributed by atoms with van der Waals surface area (Å²) in [6.45, 7) is 2.07. The molecule has 1 fully saturated rings. The average Bonchev–Trinajstić information content (AvgIpc) is 3.20. The zero-order valence-electron chi connectivity index (χ0n) is 16.9. The molecule has 0 amide bonds. The summed E-state index contributed by atoms with van der Waals surface area (Å²) in [6, 6.07) is 23.3. The smallest absolute Gasteiger partial charge is 0.341 e. The molecular weight excluding hydrogens is 360 g/mol. The Hall–Kier alpha value is -2.81. The molecule has 1 N–H and O–H groups in total. The number of rotatable bonds is 7. The summed E-state index contributed by atoms with van der Waals surface area (Å²) < 4.78 is 5.24. The molecule has 0 spiro atoms. The summed E-state index contributed by atoms with van der Waals surface area (Å²) in [5.74, 6) is 1.56. The predicted octanol–water partition coefficient (Wildman–Crippen LogP) is 6.38. The lowest BCUT2D eigenvalue weighted by molar-refractivity contribution is -0.139. The SMILES string of the molecule is C[C@@H](C[C@H]1CC[C@@H](c2ccc(OCC(=O)O)cc2)C1)c1cccc2ccccc12. The van der Waals surface area contributed by atoms with E-state index in [1.807, 2.05) is 12.1 Å². The van der Waals surface area contributed by atoms with E-state index >= 15 is 0 Å². The lowest BCUT2D eigenvalue weighted by Crippen LogP contribution is -2.09. The van der Waals surface area contributed by atoms with Gasteiger partial charge in [-0.1, -0.05) is 61.5 Å². The van der Waals surface area contributed by atoms with E-state index in [1.54, 1.807) is 0 Å². The average molecular weight is 389 g/mol. The predicted molar refractivity (Wildman–Crippen MR) is 117 cm³/mol. The highest BCUT2D eigenvalue weighted by Gasteiger charge is 2.27. The molecule has 3 aromatic rings. The van der Waals surface area contributed by atoms with E-state index < -0.39 is 5.97 Å². The van der Waals surface area contributed by atoms with E-state index in [4.69, 9.17) is 9.84 Å². The Bertz CT molecular complexity index is 971. The summed E-state index contributed by atoms with van der Waals surface area (Å²) in [4.78, 5) is 10.6. The Morgan fingerprint density at radius 1 is 1.03 bits per heavy atom. The minimum atomic E-state index is -0.951. The highest BCUT2D eigenvalue weighted by Crippen LogP contribution is 2.43. The monoisotopic (exact) mass is 388 g/mol. The van der Waals surface area contributed by atoms with Crippen LogP contribution < -0.4 is 4.74 Å². The molecule has 4 rings (SSSR count). The van der Waals surface area contributed by atoms with Crippen molar-refractivity contribution in [3.05, 3.63) is 77.9 Å². The van der Waals surface area contributed by atoms with Gasteiger partial charge in [0.25, 0.3) is 0 Å². The number of hydrogen-bond acceptors (Lipinski definition) is 2. The van der Waals surface area contributed by atoms with Gasteiger partial charge in [0, 0.05) is 0 Å². The molecule has 0 unspecified atom stereocenters. The Kier molecular flexibility index (Phi) is 5.84. The molecular formula is C26H28O3. The van der Waals surface area contributed by atoms with Crippen molar-refractivity contribution in [2.24, 2.45) is 5.92 Å². The zero-order valence-corrected chi connectivity index (χ0v) is 16.9. The van der Waals surface area contributed by atoms with Crippen LogP contribution in [0.25, 0.3) is 10.8 Å². The van der Waals surface area contributed by atoms with Crippen LogP contribution in [0, 0.1) is 5.92 Å². The van der Waals surface area contributed by atoms with Gasteiger partial charge in [-0.05, 0) is 77.5 Å². The molecule has 1 saturated carbocycles. The topological polar surface area (TPSA) is 46.5 Å². The van der Waals surface area contributed by atoms with Crippen LogP contribution in [0.15, 0.2) is 66.7 Å². The maximum Gasteiger partial charge on any atom is 0.341 e. The first-order chi connectivity index (χ1) is 14.1. The minimum absolute atomic E-state index is 0.295. The van der Waals surface area contributed by atoms with Crippen LogP contribution in [0.1, 0.15) is 55.6 Å². The van der Waals surface area contributed by atoms with Crippen molar-refractivity contribution in [1.29, 1.82) is 0 Å². The van der Waals surface area contributed by atoms with Gasteiger partial charge in [0.1, 0.15) is 5.75 Å². The van der Waals surface area contributed by atoms with Crippen LogP contribution in [-0.2, 0) is 4.79 Å². The van der Waals surface area contributed by atoms with Gasteiger partial charge in [0.2, 0.25) is 0 Å². The van der Waals surface area contributed by atoms with Gasteiger partial charge in [0.05, 0.1) is 0 Å². The number of ether oxygens (including phenoxy) is 1. The Balaban J connectivity index is 1.38. The number of carbonyl (C=O) groups is 1. The van der Waals surface area contributed by atoms with Gasteiger partial charge < -0.3 is 9.84 Å². The van der Waals surface area contributed by atoms with Crippen molar-refractivity contribution in [1.82, 2.24) is 0 Å². The first-order valence-corrected chi connectivity index (χ1v) is 10.5. The Labute approximate surface area is 172 Å². The van der Waals surface area contributed by atoms with Gasteiger partial charge in [-0.25, -0.2) is 4.79 Å². The highest BCUT2D eigenvalue weighted by atomic mass is 16.5. The first kappa shape index (κ1) is 19.5. The molecule has 3 nitrogen and oxygen atoms in total. The van der Waals surface area contributed by atoms with E-state index in [9.17, 15) is 4.79 Å². The van der Waals surface area contributed by atoms with Crippen molar-refractivity contribution < 1.29 is 14.6 Å². The molecule has 3 atom stereocenters. The molecule has 1 aliphatic rings. The molecule has 3 aromatic carbocycles. The summed E-state index contributed by atoms with van der Waals surface area (Å²) in [7, 11) is 0. The fourth-order valence-electron chi connectivity index (χ4n) is 4.88. The maximum absolute atomic E-state index is 10.6. The second-order valence-corrected chi connectivity index (χ2v) is 8.33. The molecule has 0 radical (unpaired) electrons. The standard InChI is InChI=1S/C26H28O3/c1-18(24-8-4-6-21-5-2-3-7-25(21)24)15-19-9-10-22(16-19)20-11-13-23(14-12-20)29-17-26(27)28/h2-8,11-14,18-19,22H,9-10,15-17H2,1H3,(H,27,28)/t18-,19+,22+/m0/s1. The van der Waals surface area contributed by atoms with Crippen molar-refractivity contribution in [3.63, 3.8) is 0 Å². The number of benzene rings is 3. The van der Waals surface area contributed by atoms with Crippen LogP contribution in [-0.4, -0.2) is 17.7 Å². The Morgan fingerprint density at radius 3 is 2.59 bits per heavy atom. The van der Waals surface area contributed by atoms with Crippen molar-refractivity contribution >= 4 is 16.7 Å². The van der Waals surface area contributed by atoms with Crippen LogP contribution in [0.5, 0.6) is 5.75 Å². The molecule has 0 saturated heterocycles. The number of carboxylic acids is 1. The zero-order chi connectivity index (χ0) is 20.2. The molecule has 150 valence electrons. The third-order valence-electron chi connectivity index (χ3n) is 6.30. The molecule has 0 heterocycles. The van der Waals surface area contributed by atoms with Crippen LogP contribution in [0.2, 0.25) is 0 Å². The third kappa shape index (κ3) is 4.61. The molecule has 3 heteroatoms. The van der Waals surface area contributed by atoms with Gasteiger partial charge in [-0.15, -0.1) is 0 Å². The normalized spacial score (nSPS) is 19.9. The third-order valence-corrected chi connectivity index (χ3v) is 6.30. The summed E-state index contributed by atoms with van der Waals surface area (Å²) in [6.07, 6.45) is 4.95. The number of hydrogen-bond donors (Lipinski definition) is 1. The number of aliphatic carboxylic acids is 1. The van der Waals surface area contributed by atoms with E-state index in [0.717, 1.165) is 5.92 Å². The second-order valence-electron chi connectivity index (χ2n) is 8.33. The number of fused-ring (bicyclic) bond motifs is 1. The quantitative estimate of drug-likeness (QED) is 0.511. The van der Waals surface area contributed by atoms with Crippen LogP contribution >= 0.6 is 0 Å². The molecule has 0 aliphatic heterocycles. The summed E-state index contributed by atoms with van der Waals surface area (Å²) >= 11 is 0. The molecule has 0 bridgehead atoms. The van der Waals surface area contributed by atoms with Gasteiger partial charge in [0.15, 0.2) is 6.61 Å². The molecule has 0 aromatic heterocycles. The van der Waals surface area contributed by atoms with Gasteiger partial charge in [-0.3, -0.25) is 0 Å². The van der Waals surface area contributed by atoms with Crippen molar-refractivity contribution in [2.75, 3.05) is 6.61 Å².